The highest BCUT2D eigenvalue weighted by Crippen LogP contribution is 2.61. The second-order valence-electron chi connectivity index (χ2n) is 7.82. The minimum absolute atomic E-state index is 0.288. The summed E-state index contributed by atoms with van der Waals surface area (Å²) >= 11 is 6.18. The number of nitrogens with zero attached hydrogens (tertiary/aromatic N) is 1. The lowest BCUT2D eigenvalue weighted by Crippen LogP contribution is -2.39. The summed E-state index contributed by atoms with van der Waals surface area (Å²) in [5.74, 6) is -0.288. The van der Waals surface area contributed by atoms with Crippen molar-refractivity contribution in [2.75, 3.05) is 11.4 Å². The largest absolute Gasteiger partial charge is 0.357 e. The van der Waals surface area contributed by atoms with Gasteiger partial charge in [-0.2, -0.15) is 0 Å². The van der Waals surface area contributed by atoms with Crippen LogP contribution in [0.3, 0.4) is 0 Å². The van der Waals surface area contributed by atoms with Crippen LogP contribution in [-0.2, 0) is 11.0 Å². The fourth-order valence-corrected chi connectivity index (χ4v) is 8.07. The van der Waals surface area contributed by atoms with Gasteiger partial charge >= 0.3 is 0 Å². The average Bonchev–Trinajstić information content (AvgIpc) is 2.84. The van der Waals surface area contributed by atoms with E-state index < -0.39 is 7.14 Å². The number of benzene rings is 4. The maximum atomic E-state index is 15.3. The smallest absolute Gasteiger partial charge is 0.168 e. The van der Waals surface area contributed by atoms with E-state index in [1.807, 2.05) is 84.9 Å². The summed E-state index contributed by atoms with van der Waals surface area (Å²) in [6.07, 6.45) is 0.916. The van der Waals surface area contributed by atoms with E-state index in [2.05, 4.69) is 29.2 Å². The highest BCUT2D eigenvalue weighted by molar-refractivity contribution is 7.79. The van der Waals surface area contributed by atoms with Gasteiger partial charge in [-0.05, 0) is 41.8 Å². The van der Waals surface area contributed by atoms with Crippen LogP contribution in [0.1, 0.15) is 16.9 Å². The first-order valence-electron chi connectivity index (χ1n) is 10.5. The first-order valence-corrected chi connectivity index (χ1v) is 12.6. The fraction of sp³-hybridized carbons (Fsp3) is 0.111. The number of fused-ring (bicyclic) bond motifs is 1. The number of hydrogen-bond acceptors (Lipinski definition) is 2. The zero-order valence-corrected chi connectivity index (χ0v) is 18.7. The summed E-state index contributed by atoms with van der Waals surface area (Å²) < 4.78 is 15.3. The molecule has 1 unspecified atom stereocenters. The molecular formula is C27H23ClNOP. The van der Waals surface area contributed by atoms with Crippen molar-refractivity contribution >= 4 is 35.0 Å². The number of halogens is 1. The predicted octanol–water partition coefficient (Wildman–Crippen LogP) is 6.42. The molecule has 0 bridgehead atoms. The number of hydrogen-bond donors (Lipinski definition) is 0. The Balaban J connectivity index is 1.78. The van der Waals surface area contributed by atoms with Gasteiger partial charge in [0.2, 0.25) is 0 Å². The maximum absolute atomic E-state index is 15.3. The van der Waals surface area contributed by atoms with Crippen molar-refractivity contribution in [3.8, 4) is 0 Å². The summed E-state index contributed by atoms with van der Waals surface area (Å²) in [7, 11) is -3.07. The molecule has 0 N–H and O–H groups in total. The number of rotatable bonds is 4. The SMILES string of the molecule is O=P(c1ccccc1)(c1ccccc1)C1c2ccccc2CCN1c1ccc(Cl)cc1. The molecule has 4 aromatic carbocycles. The Bertz CT molecular complexity index is 1180. The van der Waals surface area contributed by atoms with Gasteiger partial charge in [-0.25, -0.2) is 0 Å². The normalized spacial score (nSPS) is 16.0. The average molecular weight is 444 g/mol. The van der Waals surface area contributed by atoms with Gasteiger partial charge < -0.3 is 9.46 Å². The first kappa shape index (κ1) is 20.1. The molecule has 0 aromatic heterocycles. The highest BCUT2D eigenvalue weighted by Gasteiger charge is 2.44. The molecule has 0 amide bonds. The van der Waals surface area contributed by atoms with Crippen LogP contribution in [0.4, 0.5) is 5.69 Å². The van der Waals surface area contributed by atoms with Crippen molar-refractivity contribution in [2.45, 2.75) is 12.2 Å². The summed E-state index contributed by atoms with van der Waals surface area (Å²) in [6.45, 7) is 0.799. The molecule has 1 aliphatic heterocycles. The molecule has 154 valence electrons. The van der Waals surface area contributed by atoms with Gasteiger partial charge in [0.1, 0.15) is 5.78 Å². The molecule has 5 rings (SSSR count). The van der Waals surface area contributed by atoms with Crippen molar-refractivity contribution < 1.29 is 4.57 Å². The van der Waals surface area contributed by atoms with Crippen LogP contribution >= 0.6 is 18.7 Å². The predicted molar refractivity (Wildman–Crippen MR) is 131 cm³/mol. The Kier molecular flexibility index (Phi) is 5.44. The molecule has 2 nitrogen and oxygen atoms in total. The van der Waals surface area contributed by atoms with Gasteiger partial charge in [0, 0.05) is 27.9 Å². The van der Waals surface area contributed by atoms with Gasteiger partial charge in [0.25, 0.3) is 0 Å². The molecule has 31 heavy (non-hydrogen) atoms. The van der Waals surface area contributed by atoms with Crippen molar-refractivity contribution in [2.24, 2.45) is 0 Å². The van der Waals surface area contributed by atoms with Crippen LogP contribution in [0.5, 0.6) is 0 Å². The highest BCUT2D eigenvalue weighted by atomic mass is 35.5. The quantitative estimate of drug-likeness (QED) is 0.339. The molecule has 0 aliphatic carbocycles. The second kappa shape index (κ2) is 8.38. The van der Waals surface area contributed by atoms with E-state index in [1.54, 1.807) is 0 Å². The minimum atomic E-state index is -3.07. The molecular weight excluding hydrogens is 421 g/mol. The van der Waals surface area contributed by atoms with Crippen molar-refractivity contribution in [3.05, 3.63) is 125 Å². The maximum Gasteiger partial charge on any atom is 0.168 e. The molecule has 0 spiro atoms. The Morgan fingerprint density at radius 2 is 1.26 bits per heavy atom. The molecule has 0 saturated carbocycles. The Hall–Kier alpha value is -2.80. The first-order chi connectivity index (χ1) is 15.2. The van der Waals surface area contributed by atoms with Crippen LogP contribution < -0.4 is 15.5 Å². The molecule has 1 heterocycles. The monoisotopic (exact) mass is 443 g/mol. The third kappa shape index (κ3) is 3.61. The second-order valence-corrected chi connectivity index (χ2v) is 11.1. The van der Waals surface area contributed by atoms with Crippen LogP contribution in [0.2, 0.25) is 5.02 Å². The number of anilines is 1. The van der Waals surface area contributed by atoms with E-state index in [-0.39, 0.29) is 5.78 Å². The van der Waals surface area contributed by atoms with Gasteiger partial charge in [-0.15, -0.1) is 0 Å². The van der Waals surface area contributed by atoms with E-state index in [1.165, 1.54) is 5.56 Å². The molecule has 1 aliphatic rings. The van der Waals surface area contributed by atoms with Crippen LogP contribution in [0, 0.1) is 0 Å². The van der Waals surface area contributed by atoms with Gasteiger partial charge in [0.15, 0.2) is 7.14 Å². The standard InChI is InChI=1S/C27H23ClNOP/c28-22-15-17-23(18-16-22)29-20-19-21-9-7-8-14-26(21)27(29)31(30,24-10-3-1-4-11-24)25-12-5-2-6-13-25/h1-18,27H,19-20H2. The van der Waals surface area contributed by atoms with Gasteiger partial charge in [0.05, 0.1) is 0 Å². The molecule has 1 atom stereocenters. The molecule has 0 saturated heterocycles. The Morgan fingerprint density at radius 1 is 0.710 bits per heavy atom. The zero-order valence-electron chi connectivity index (χ0n) is 17.1. The van der Waals surface area contributed by atoms with E-state index in [0.29, 0.717) is 5.02 Å². The molecule has 0 radical (unpaired) electrons. The third-order valence-electron chi connectivity index (χ3n) is 6.03. The van der Waals surface area contributed by atoms with E-state index in [0.717, 1.165) is 34.8 Å². The van der Waals surface area contributed by atoms with Gasteiger partial charge in [-0.1, -0.05) is 96.5 Å². The van der Waals surface area contributed by atoms with Crippen molar-refractivity contribution in [3.63, 3.8) is 0 Å². The van der Waals surface area contributed by atoms with E-state index in [9.17, 15) is 0 Å². The summed E-state index contributed by atoms with van der Waals surface area (Å²) in [5.41, 5.74) is 3.44. The minimum Gasteiger partial charge on any atom is -0.357 e. The Labute approximate surface area is 188 Å². The van der Waals surface area contributed by atoms with Crippen LogP contribution in [0.15, 0.2) is 109 Å². The lowest BCUT2D eigenvalue weighted by atomic mass is 9.99. The van der Waals surface area contributed by atoms with Crippen molar-refractivity contribution in [1.82, 2.24) is 0 Å². The topological polar surface area (TPSA) is 20.3 Å². The molecule has 4 heteroatoms. The zero-order chi connectivity index (χ0) is 21.3. The van der Waals surface area contributed by atoms with Crippen molar-refractivity contribution in [1.29, 1.82) is 0 Å². The third-order valence-corrected chi connectivity index (χ3v) is 9.66. The van der Waals surface area contributed by atoms with E-state index in [4.69, 9.17) is 11.6 Å². The lowest BCUT2D eigenvalue weighted by molar-refractivity contribution is 0.569. The van der Waals surface area contributed by atoms with Crippen LogP contribution in [0.25, 0.3) is 0 Å². The van der Waals surface area contributed by atoms with Gasteiger partial charge in [-0.3, -0.25) is 0 Å². The lowest BCUT2D eigenvalue weighted by Gasteiger charge is -2.43. The van der Waals surface area contributed by atoms with E-state index >= 15 is 4.57 Å². The van der Waals surface area contributed by atoms with Crippen LogP contribution in [-0.4, -0.2) is 6.54 Å². The summed E-state index contributed by atoms with van der Waals surface area (Å²) in [4.78, 5) is 2.31. The molecule has 4 aromatic rings. The fourth-order valence-electron chi connectivity index (χ4n) is 4.57. The summed E-state index contributed by atoms with van der Waals surface area (Å²) in [6, 6.07) is 36.2. The Morgan fingerprint density at radius 3 is 1.87 bits per heavy atom. The molecule has 0 fully saturated rings. The summed E-state index contributed by atoms with van der Waals surface area (Å²) in [5, 5.41) is 2.45.